The molecule has 1 aromatic rings. The Kier molecular flexibility index (Phi) is 4.48. The Hall–Kier alpha value is -1.13. The van der Waals surface area contributed by atoms with Crippen molar-refractivity contribution >= 4 is 21.6 Å². The van der Waals surface area contributed by atoms with Crippen molar-refractivity contribution < 1.29 is 8.42 Å². The van der Waals surface area contributed by atoms with Crippen LogP contribution >= 0.6 is 11.6 Å². The van der Waals surface area contributed by atoms with Crippen molar-refractivity contribution in [2.45, 2.75) is 4.90 Å². The maximum absolute atomic E-state index is 12.1. The van der Waals surface area contributed by atoms with Gasteiger partial charge in [0.2, 0.25) is 10.0 Å². The zero-order valence-corrected chi connectivity index (χ0v) is 10.8. The lowest BCUT2D eigenvalue weighted by atomic mass is 10.2. The van der Waals surface area contributed by atoms with Crippen LogP contribution in [-0.2, 0) is 10.0 Å². The highest BCUT2D eigenvalue weighted by atomic mass is 35.5. The van der Waals surface area contributed by atoms with Crippen molar-refractivity contribution in [2.75, 3.05) is 20.1 Å². The monoisotopic (exact) mass is 273 g/mol. The molecular formula is C10H12ClN3O2S. The fraction of sp³-hybridized carbons (Fsp3) is 0.300. The fourth-order valence-corrected chi connectivity index (χ4v) is 2.92. The molecule has 5 nitrogen and oxygen atoms in total. The van der Waals surface area contributed by atoms with Gasteiger partial charge in [0.15, 0.2) is 0 Å². The van der Waals surface area contributed by atoms with E-state index in [2.05, 4.69) is 0 Å². The molecule has 0 saturated heterocycles. The van der Waals surface area contributed by atoms with Crippen molar-refractivity contribution in [3.05, 3.63) is 28.8 Å². The van der Waals surface area contributed by atoms with E-state index in [-0.39, 0.29) is 28.6 Å². The molecule has 0 fully saturated rings. The van der Waals surface area contributed by atoms with E-state index in [1.807, 2.05) is 6.07 Å². The number of likely N-dealkylation sites (N-methyl/N-ethyl adjacent to an activating group) is 1. The van der Waals surface area contributed by atoms with E-state index in [0.717, 1.165) is 4.31 Å². The molecule has 0 bridgehead atoms. The van der Waals surface area contributed by atoms with E-state index in [4.69, 9.17) is 22.6 Å². The number of benzene rings is 1. The van der Waals surface area contributed by atoms with E-state index in [0.29, 0.717) is 0 Å². The van der Waals surface area contributed by atoms with Gasteiger partial charge in [0.1, 0.15) is 4.90 Å². The molecule has 2 N–H and O–H groups in total. The molecule has 0 aromatic heterocycles. The van der Waals surface area contributed by atoms with Gasteiger partial charge < -0.3 is 5.73 Å². The first-order valence-corrected chi connectivity index (χ1v) is 6.61. The number of nitrogens with zero attached hydrogens (tertiary/aromatic N) is 2. The number of hydrogen-bond acceptors (Lipinski definition) is 4. The second-order valence-electron chi connectivity index (χ2n) is 3.37. The molecule has 1 aromatic carbocycles. The maximum Gasteiger partial charge on any atom is 0.244 e. The van der Waals surface area contributed by atoms with Gasteiger partial charge in [-0.3, -0.25) is 0 Å². The third-order valence-electron chi connectivity index (χ3n) is 2.19. The van der Waals surface area contributed by atoms with Crippen molar-refractivity contribution in [2.24, 2.45) is 5.73 Å². The second-order valence-corrected chi connectivity index (χ2v) is 5.79. The molecule has 0 spiro atoms. The summed E-state index contributed by atoms with van der Waals surface area (Å²) < 4.78 is 25.3. The fourth-order valence-electron chi connectivity index (χ4n) is 1.24. The molecule has 0 saturated carbocycles. The summed E-state index contributed by atoms with van der Waals surface area (Å²) in [6.07, 6.45) is 0. The van der Waals surface area contributed by atoms with Crippen molar-refractivity contribution in [1.82, 2.24) is 4.31 Å². The Morgan fingerprint density at radius 3 is 2.71 bits per heavy atom. The zero-order valence-electron chi connectivity index (χ0n) is 9.22. The molecule has 0 aliphatic carbocycles. The van der Waals surface area contributed by atoms with E-state index in [9.17, 15) is 8.42 Å². The summed E-state index contributed by atoms with van der Waals surface area (Å²) >= 11 is 5.84. The third kappa shape index (κ3) is 2.96. The first-order chi connectivity index (χ1) is 7.93. The average molecular weight is 274 g/mol. The van der Waals surface area contributed by atoms with Gasteiger partial charge >= 0.3 is 0 Å². The van der Waals surface area contributed by atoms with E-state index in [1.165, 1.54) is 25.2 Å². The average Bonchev–Trinajstić information content (AvgIpc) is 2.29. The first-order valence-electron chi connectivity index (χ1n) is 4.79. The van der Waals surface area contributed by atoms with Crippen LogP contribution in [0.25, 0.3) is 0 Å². The number of nitriles is 1. The van der Waals surface area contributed by atoms with Gasteiger partial charge in [-0.1, -0.05) is 11.6 Å². The maximum atomic E-state index is 12.1. The van der Waals surface area contributed by atoms with Gasteiger partial charge in [-0.05, 0) is 18.2 Å². The summed E-state index contributed by atoms with van der Waals surface area (Å²) in [5, 5.41) is 8.83. The lowest BCUT2D eigenvalue weighted by molar-refractivity contribution is 0.476. The quantitative estimate of drug-likeness (QED) is 0.879. The summed E-state index contributed by atoms with van der Waals surface area (Å²) in [5.74, 6) is 0. The molecule has 1 rings (SSSR count). The summed E-state index contributed by atoms with van der Waals surface area (Å²) in [7, 11) is -2.28. The first kappa shape index (κ1) is 13.9. The van der Waals surface area contributed by atoms with Crippen LogP contribution in [0.1, 0.15) is 5.56 Å². The molecule has 7 heteroatoms. The highest BCUT2D eigenvalue weighted by Crippen LogP contribution is 2.24. The number of halogens is 1. The Bertz CT molecular complexity index is 551. The number of rotatable bonds is 4. The van der Waals surface area contributed by atoms with Gasteiger partial charge in [-0.15, -0.1) is 0 Å². The SMILES string of the molecule is CN(CCN)S(=O)(=O)c1cc(C#N)ccc1Cl. The largest absolute Gasteiger partial charge is 0.329 e. The van der Waals surface area contributed by atoms with Gasteiger partial charge in [-0.25, -0.2) is 8.42 Å². The highest BCUT2D eigenvalue weighted by molar-refractivity contribution is 7.89. The molecule has 0 aliphatic heterocycles. The standard InChI is InChI=1S/C10H12ClN3O2S/c1-14(5-4-12)17(15,16)10-6-8(7-13)2-3-9(10)11/h2-3,6H,4-5,12H2,1H3. The van der Waals surface area contributed by atoms with Crippen molar-refractivity contribution in [1.29, 1.82) is 5.26 Å². The van der Waals surface area contributed by atoms with Crippen LogP contribution in [0, 0.1) is 11.3 Å². The molecule has 0 radical (unpaired) electrons. The predicted octanol–water partition coefficient (Wildman–Crippen LogP) is 0.791. The minimum atomic E-state index is -3.69. The Labute approximate surface area is 105 Å². The van der Waals surface area contributed by atoms with Gasteiger partial charge in [0.25, 0.3) is 0 Å². The summed E-state index contributed by atoms with van der Waals surface area (Å²) in [6.45, 7) is 0.404. The van der Waals surface area contributed by atoms with Crippen LogP contribution in [0.2, 0.25) is 5.02 Å². The number of hydrogen-bond donors (Lipinski definition) is 1. The van der Waals surface area contributed by atoms with Crippen LogP contribution in [-0.4, -0.2) is 32.9 Å². The van der Waals surface area contributed by atoms with Crippen molar-refractivity contribution in [3.8, 4) is 6.07 Å². The molecule has 0 atom stereocenters. The lowest BCUT2D eigenvalue weighted by Gasteiger charge is -2.17. The Morgan fingerprint density at radius 2 is 2.18 bits per heavy atom. The van der Waals surface area contributed by atoms with Gasteiger partial charge in [0, 0.05) is 20.1 Å². The van der Waals surface area contributed by atoms with Crippen LogP contribution in [0.4, 0.5) is 0 Å². The molecule has 0 aliphatic rings. The summed E-state index contributed by atoms with van der Waals surface area (Å²) in [5.41, 5.74) is 5.55. The van der Waals surface area contributed by atoms with Gasteiger partial charge in [-0.2, -0.15) is 9.57 Å². The molecule has 0 unspecified atom stereocenters. The number of nitrogens with two attached hydrogens (primary N) is 1. The second kappa shape index (κ2) is 5.47. The van der Waals surface area contributed by atoms with Crippen molar-refractivity contribution in [3.63, 3.8) is 0 Å². The van der Waals surface area contributed by atoms with Crippen LogP contribution in [0.15, 0.2) is 23.1 Å². The predicted molar refractivity (Wildman–Crippen MR) is 65.0 cm³/mol. The van der Waals surface area contributed by atoms with Crippen LogP contribution in [0.5, 0.6) is 0 Å². The smallest absolute Gasteiger partial charge is 0.244 e. The summed E-state index contributed by atoms with van der Waals surface area (Å²) in [4.78, 5) is -0.0748. The van der Waals surface area contributed by atoms with E-state index in [1.54, 1.807) is 0 Å². The Balaban J connectivity index is 3.28. The minimum absolute atomic E-state index is 0.0748. The molecule has 0 heterocycles. The van der Waals surface area contributed by atoms with Crippen LogP contribution < -0.4 is 5.73 Å². The molecule has 17 heavy (non-hydrogen) atoms. The van der Waals surface area contributed by atoms with E-state index < -0.39 is 10.0 Å². The van der Waals surface area contributed by atoms with Crippen LogP contribution in [0.3, 0.4) is 0 Å². The normalized spacial score (nSPS) is 11.5. The zero-order chi connectivity index (χ0) is 13.1. The molecule has 92 valence electrons. The third-order valence-corrected chi connectivity index (χ3v) is 4.53. The van der Waals surface area contributed by atoms with E-state index >= 15 is 0 Å². The van der Waals surface area contributed by atoms with Gasteiger partial charge in [0.05, 0.1) is 16.7 Å². The highest BCUT2D eigenvalue weighted by Gasteiger charge is 2.23. The topological polar surface area (TPSA) is 87.2 Å². The molecular weight excluding hydrogens is 262 g/mol. The Morgan fingerprint density at radius 1 is 1.53 bits per heavy atom. The minimum Gasteiger partial charge on any atom is -0.329 e. The lowest BCUT2D eigenvalue weighted by Crippen LogP contribution is -2.32. The molecule has 0 amide bonds. The summed E-state index contributed by atoms with van der Waals surface area (Å²) in [6, 6.07) is 5.98. The number of sulfonamides is 1.